The molecule has 1 unspecified atom stereocenters. The number of nitrogens with one attached hydrogen (secondary N) is 1. The van der Waals surface area contributed by atoms with Gasteiger partial charge in [-0.1, -0.05) is 48.0 Å². The van der Waals surface area contributed by atoms with Gasteiger partial charge in [-0.05, 0) is 37.1 Å². The molecule has 0 aliphatic carbocycles. The van der Waals surface area contributed by atoms with Crippen molar-refractivity contribution in [1.29, 1.82) is 0 Å². The number of piperazine rings is 1. The average Bonchev–Trinajstić information content (AvgIpc) is 2.70. The van der Waals surface area contributed by atoms with Gasteiger partial charge in [-0.15, -0.1) is 0 Å². The van der Waals surface area contributed by atoms with E-state index in [2.05, 4.69) is 5.32 Å². The van der Waals surface area contributed by atoms with Crippen LogP contribution >= 0.6 is 11.6 Å². The van der Waals surface area contributed by atoms with Gasteiger partial charge in [-0.2, -0.15) is 4.31 Å². The molecule has 0 aromatic heterocycles. The quantitative estimate of drug-likeness (QED) is 0.756. The van der Waals surface area contributed by atoms with Gasteiger partial charge < -0.3 is 5.32 Å². The standard InChI is InChI=1S/C21H26ClN3O3S/c1-16-8-9-19(22)14-20(16)23-21(26)17(2)24-10-12-25(13-11-24)29(27,28)15-18-6-4-3-5-7-18/h3-9,14,17H,10-13,15H2,1-2H3,(H,23,26). The average molecular weight is 436 g/mol. The van der Waals surface area contributed by atoms with Gasteiger partial charge in [0.15, 0.2) is 0 Å². The van der Waals surface area contributed by atoms with Crippen LogP contribution in [0.3, 0.4) is 0 Å². The van der Waals surface area contributed by atoms with Crippen LogP contribution < -0.4 is 5.32 Å². The lowest BCUT2D eigenvalue weighted by molar-refractivity contribution is -0.121. The van der Waals surface area contributed by atoms with Gasteiger partial charge >= 0.3 is 0 Å². The minimum absolute atomic E-state index is 0.00206. The van der Waals surface area contributed by atoms with Crippen molar-refractivity contribution in [2.24, 2.45) is 0 Å². The van der Waals surface area contributed by atoms with Crippen LogP contribution in [0.25, 0.3) is 0 Å². The predicted octanol–water partition coefficient (Wildman–Crippen LogP) is 3.12. The van der Waals surface area contributed by atoms with Crippen LogP contribution in [0.15, 0.2) is 48.5 Å². The number of sulfonamides is 1. The van der Waals surface area contributed by atoms with Crippen molar-refractivity contribution in [1.82, 2.24) is 9.21 Å². The Morgan fingerprint density at radius 2 is 1.76 bits per heavy atom. The zero-order chi connectivity index (χ0) is 21.0. The Labute approximate surface area is 177 Å². The predicted molar refractivity (Wildman–Crippen MR) is 116 cm³/mol. The zero-order valence-corrected chi connectivity index (χ0v) is 18.2. The van der Waals surface area contributed by atoms with Crippen molar-refractivity contribution in [2.75, 3.05) is 31.5 Å². The van der Waals surface area contributed by atoms with Crippen molar-refractivity contribution in [3.63, 3.8) is 0 Å². The molecule has 2 aromatic rings. The second kappa shape index (κ2) is 9.26. The molecular weight excluding hydrogens is 410 g/mol. The van der Waals surface area contributed by atoms with Crippen LogP contribution in [-0.4, -0.2) is 55.8 Å². The minimum atomic E-state index is -3.37. The van der Waals surface area contributed by atoms with Crippen molar-refractivity contribution in [2.45, 2.75) is 25.6 Å². The van der Waals surface area contributed by atoms with Crippen LogP contribution in [0.5, 0.6) is 0 Å². The van der Waals surface area contributed by atoms with Gasteiger partial charge in [-0.3, -0.25) is 9.69 Å². The highest BCUT2D eigenvalue weighted by Gasteiger charge is 2.31. The van der Waals surface area contributed by atoms with E-state index < -0.39 is 10.0 Å². The highest BCUT2D eigenvalue weighted by atomic mass is 35.5. The number of anilines is 1. The molecule has 0 saturated carbocycles. The van der Waals surface area contributed by atoms with E-state index in [4.69, 9.17) is 11.6 Å². The smallest absolute Gasteiger partial charge is 0.241 e. The summed E-state index contributed by atoms with van der Waals surface area (Å²) in [6.07, 6.45) is 0. The minimum Gasteiger partial charge on any atom is -0.324 e. The topological polar surface area (TPSA) is 69.7 Å². The van der Waals surface area contributed by atoms with Crippen molar-refractivity contribution >= 4 is 33.2 Å². The van der Waals surface area contributed by atoms with Gasteiger partial charge in [0.2, 0.25) is 15.9 Å². The Hall–Kier alpha value is -1.93. The molecule has 1 amide bonds. The number of amides is 1. The van der Waals surface area contributed by atoms with Crippen molar-refractivity contribution in [3.05, 3.63) is 64.7 Å². The Balaban J connectivity index is 1.56. The molecule has 1 atom stereocenters. The lowest BCUT2D eigenvalue weighted by Gasteiger charge is -2.36. The Kier molecular flexibility index (Phi) is 6.95. The summed E-state index contributed by atoms with van der Waals surface area (Å²) in [7, 11) is -3.37. The molecule has 0 spiro atoms. The van der Waals surface area contributed by atoms with Crippen LogP contribution in [0.1, 0.15) is 18.1 Å². The number of carbonyl (C=O) groups excluding carboxylic acids is 1. The highest BCUT2D eigenvalue weighted by molar-refractivity contribution is 7.88. The molecule has 1 N–H and O–H groups in total. The molecule has 3 rings (SSSR count). The van der Waals surface area contributed by atoms with Gasteiger partial charge in [0.25, 0.3) is 0 Å². The Bertz CT molecular complexity index is 958. The number of benzene rings is 2. The number of aryl methyl sites for hydroxylation is 1. The molecule has 2 aromatic carbocycles. The van der Waals surface area contributed by atoms with E-state index in [1.54, 1.807) is 12.1 Å². The van der Waals surface area contributed by atoms with Crippen LogP contribution in [0.2, 0.25) is 5.02 Å². The Morgan fingerprint density at radius 3 is 2.41 bits per heavy atom. The fraction of sp³-hybridized carbons (Fsp3) is 0.381. The maximum Gasteiger partial charge on any atom is 0.241 e. The van der Waals surface area contributed by atoms with Crippen LogP contribution in [-0.2, 0) is 20.6 Å². The molecule has 156 valence electrons. The van der Waals surface area contributed by atoms with E-state index in [0.29, 0.717) is 36.9 Å². The fourth-order valence-corrected chi connectivity index (χ4v) is 5.07. The monoisotopic (exact) mass is 435 g/mol. The third kappa shape index (κ3) is 5.57. The number of carbonyl (C=O) groups is 1. The van der Waals surface area contributed by atoms with E-state index in [0.717, 1.165) is 11.1 Å². The summed E-state index contributed by atoms with van der Waals surface area (Å²) in [5, 5.41) is 3.49. The highest BCUT2D eigenvalue weighted by Crippen LogP contribution is 2.21. The first kappa shape index (κ1) is 21.8. The van der Waals surface area contributed by atoms with E-state index in [9.17, 15) is 13.2 Å². The first-order valence-corrected chi connectivity index (χ1v) is 11.6. The molecule has 1 saturated heterocycles. The molecule has 1 aliphatic heterocycles. The number of hydrogen-bond donors (Lipinski definition) is 1. The first-order valence-electron chi connectivity index (χ1n) is 9.59. The summed E-state index contributed by atoms with van der Waals surface area (Å²) in [6.45, 7) is 5.52. The molecule has 1 aliphatic rings. The van der Waals surface area contributed by atoms with Crippen molar-refractivity contribution < 1.29 is 13.2 Å². The molecule has 29 heavy (non-hydrogen) atoms. The second-order valence-electron chi connectivity index (χ2n) is 7.30. The lowest BCUT2D eigenvalue weighted by Crippen LogP contribution is -2.54. The van der Waals surface area contributed by atoms with Crippen LogP contribution in [0, 0.1) is 6.92 Å². The normalized spacial score (nSPS) is 17.1. The SMILES string of the molecule is Cc1ccc(Cl)cc1NC(=O)C(C)N1CCN(S(=O)(=O)Cc2ccccc2)CC1. The molecule has 6 nitrogen and oxygen atoms in total. The molecular formula is C21H26ClN3O3S. The van der Waals surface area contributed by atoms with E-state index in [-0.39, 0.29) is 17.7 Å². The third-order valence-electron chi connectivity index (χ3n) is 5.24. The van der Waals surface area contributed by atoms with Crippen molar-refractivity contribution in [3.8, 4) is 0 Å². The molecule has 1 fully saturated rings. The third-order valence-corrected chi connectivity index (χ3v) is 7.33. The summed E-state index contributed by atoms with van der Waals surface area (Å²) >= 11 is 6.02. The number of rotatable bonds is 6. The van der Waals surface area contributed by atoms with Gasteiger partial charge in [0.05, 0.1) is 11.8 Å². The summed E-state index contributed by atoms with van der Waals surface area (Å²) in [4.78, 5) is 14.7. The first-order chi connectivity index (χ1) is 13.8. The van der Waals surface area contributed by atoms with Gasteiger partial charge in [-0.25, -0.2) is 8.42 Å². The molecule has 0 bridgehead atoms. The number of hydrogen-bond acceptors (Lipinski definition) is 4. The van der Waals surface area contributed by atoms with Gasteiger partial charge in [0, 0.05) is 36.9 Å². The number of halogens is 1. The molecule has 1 heterocycles. The summed E-state index contributed by atoms with van der Waals surface area (Å²) in [6, 6.07) is 14.2. The lowest BCUT2D eigenvalue weighted by atomic mass is 10.1. The van der Waals surface area contributed by atoms with Gasteiger partial charge in [0.1, 0.15) is 0 Å². The molecule has 8 heteroatoms. The fourth-order valence-electron chi connectivity index (χ4n) is 3.38. The van der Waals surface area contributed by atoms with E-state index >= 15 is 0 Å². The summed E-state index contributed by atoms with van der Waals surface area (Å²) < 4.78 is 26.9. The van der Waals surface area contributed by atoms with Crippen LogP contribution in [0.4, 0.5) is 5.69 Å². The van der Waals surface area contributed by atoms with E-state index in [1.807, 2.05) is 55.1 Å². The number of nitrogens with zero attached hydrogens (tertiary/aromatic N) is 2. The second-order valence-corrected chi connectivity index (χ2v) is 9.71. The summed E-state index contributed by atoms with van der Waals surface area (Å²) in [5.74, 6) is -0.131. The maximum atomic E-state index is 12.7. The Morgan fingerprint density at radius 1 is 1.10 bits per heavy atom. The molecule has 0 radical (unpaired) electrons. The largest absolute Gasteiger partial charge is 0.324 e. The summed E-state index contributed by atoms with van der Waals surface area (Å²) in [5.41, 5.74) is 2.41. The zero-order valence-electron chi connectivity index (χ0n) is 16.6. The van der Waals surface area contributed by atoms with E-state index in [1.165, 1.54) is 4.31 Å². The maximum absolute atomic E-state index is 12.7.